The van der Waals surface area contributed by atoms with Crippen LogP contribution >= 0.6 is 0 Å². The van der Waals surface area contributed by atoms with Crippen LogP contribution in [0.2, 0.25) is 0 Å². The van der Waals surface area contributed by atoms with Gasteiger partial charge in [-0.1, -0.05) is 24.6 Å². The van der Waals surface area contributed by atoms with Crippen molar-refractivity contribution in [1.29, 1.82) is 0 Å². The zero-order chi connectivity index (χ0) is 19.4. The Kier molecular flexibility index (Phi) is 6.55. The monoisotopic (exact) mass is 393 g/mol. The number of nitrogens with one attached hydrogen (secondary N) is 1. The molecule has 150 valence electrons. The lowest BCUT2D eigenvalue weighted by molar-refractivity contribution is -0.126. The molecule has 3 rings (SSSR count). The van der Waals surface area contributed by atoms with Gasteiger partial charge in [0.15, 0.2) is 0 Å². The van der Waals surface area contributed by atoms with Crippen LogP contribution in [0.1, 0.15) is 38.2 Å². The van der Waals surface area contributed by atoms with Crippen molar-refractivity contribution in [2.45, 2.75) is 50.5 Å². The number of carbonyl (C=O) groups excluding carboxylic acids is 1. The van der Waals surface area contributed by atoms with Gasteiger partial charge in [-0.3, -0.25) is 9.69 Å². The molecule has 0 bridgehead atoms. The molecule has 2 fully saturated rings. The van der Waals surface area contributed by atoms with Gasteiger partial charge in [-0.15, -0.1) is 0 Å². The van der Waals surface area contributed by atoms with Gasteiger partial charge in [-0.05, 0) is 57.8 Å². The highest BCUT2D eigenvalue weighted by molar-refractivity contribution is 7.89. The molecule has 1 amide bonds. The van der Waals surface area contributed by atoms with Gasteiger partial charge in [0, 0.05) is 31.6 Å². The number of benzene rings is 1. The summed E-state index contributed by atoms with van der Waals surface area (Å²) in [5, 5.41) is 3.10. The lowest BCUT2D eigenvalue weighted by Gasteiger charge is -2.31. The van der Waals surface area contributed by atoms with Crippen molar-refractivity contribution in [3.63, 3.8) is 0 Å². The fraction of sp³-hybridized carbons (Fsp3) is 0.650. The van der Waals surface area contributed by atoms with E-state index in [0.717, 1.165) is 25.1 Å². The number of piperidine rings is 1. The Hall–Kier alpha value is -1.44. The summed E-state index contributed by atoms with van der Waals surface area (Å²) < 4.78 is 27.0. The molecule has 7 heteroatoms. The minimum Gasteiger partial charge on any atom is -0.354 e. The molecule has 2 heterocycles. The van der Waals surface area contributed by atoms with E-state index >= 15 is 0 Å². The van der Waals surface area contributed by atoms with Crippen LogP contribution in [0.15, 0.2) is 29.2 Å². The molecule has 27 heavy (non-hydrogen) atoms. The number of sulfonamides is 1. The standard InChI is InChI=1S/C20H31N3O3S/c1-3-22-12-4-5-18(22)15-21-20(24)17-10-13-23(14-11-17)27(25,26)19-8-6-16(2)7-9-19/h6-9,17-18H,3-5,10-15H2,1-2H3,(H,21,24). The highest BCUT2D eigenvalue weighted by atomic mass is 32.2. The van der Waals surface area contributed by atoms with Crippen molar-refractivity contribution in [1.82, 2.24) is 14.5 Å². The number of likely N-dealkylation sites (N-methyl/N-ethyl adjacent to an activating group) is 1. The quantitative estimate of drug-likeness (QED) is 0.803. The molecule has 2 saturated heterocycles. The molecule has 0 saturated carbocycles. The first kappa shape index (κ1) is 20.3. The third kappa shape index (κ3) is 4.70. The van der Waals surface area contributed by atoms with Gasteiger partial charge in [-0.25, -0.2) is 8.42 Å². The largest absolute Gasteiger partial charge is 0.354 e. The number of carbonyl (C=O) groups is 1. The van der Waals surface area contributed by atoms with E-state index in [1.54, 1.807) is 12.1 Å². The Balaban J connectivity index is 1.50. The third-order valence-corrected chi connectivity index (χ3v) is 7.81. The van der Waals surface area contributed by atoms with E-state index in [0.29, 0.717) is 43.4 Å². The highest BCUT2D eigenvalue weighted by Gasteiger charge is 2.32. The first-order valence-corrected chi connectivity index (χ1v) is 11.4. The van der Waals surface area contributed by atoms with Crippen LogP contribution in [0.25, 0.3) is 0 Å². The number of hydrogen-bond acceptors (Lipinski definition) is 4. The van der Waals surface area contributed by atoms with Crippen molar-refractivity contribution >= 4 is 15.9 Å². The molecule has 1 unspecified atom stereocenters. The fourth-order valence-corrected chi connectivity index (χ4v) is 5.59. The molecule has 0 spiro atoms. The number of amides is 1. The zero-order valence-corrected chi connectivity index (χ0v) is 17.2. The van der Waals surface area contributed by atoms with Crippen LogP contribution in [0.4, 0.5) is 0 Å². The second-order valence-corrected chi connectivity index (χ2v) is 9.60. The summed E-state index contributed by atoms with van der Waals surface area (Å²) >= 11 is 0. The Morgan fingerprint density at radius 1 is 1.11 bits per heavy atom. The molecule has 6 nitrogen and oxygen atoms in total. The first-order chi connectivity index (χ1) is 12.9. The van der Waals surface area contributed by atoms with Gasteiger partial charge in [0.25, 0.3) is 0 Å². The average molecular weight is 394 g/mol. The number of nitrogens with zero attached hydrogens (tertiary/aromatic N) is 2. The minimum absolute atomic E-state index is 0.0744. The number of aryl methyl sites for hydroxylation is 1. The van der Waals surface area contributed by atoms with Gasteiger partial charge in [0.05, 0.1) is 4.90 Å². The maximum atomic E-state index is 12.8. The van der Waals surface area contributed by atoms with E-state index in [-0.39, 0.29) is 11.8 Å². The number of rotatable bonds is 6. The highest BCUT2D eigenvalue weighted by Crippen LogP contribution is 2.24. The predicted octanol–water partition coefficient (Wildman–Crippen LogP) is 2.00. The van der Waals surface area contributed by atoms with Crippen LogP contribution in [0.5, 0.6) is 0 Å². The molecule has 1 aromatic rings. The van der Waals surface area contributed by atoms with E-state index in [9.17, 15) is 13.2 Å². The van der Waals surface area contributed by atoms with Gasteiger partial charge in [0.2, 0.25) is 15.9 Å². The van der Waals surface area contributed by atoms with E-state index in [1.165, 1.54) is 10.7 Å². The third-order valence-electron chi connectivity index (χ3n) is 5.90. The summed E-state index contributed by atoms with van der Waals surface area (Å²) in [6.45, 7) is 7.74. The Labute approximate surface area is 163 Å². The molecule has 1 N–H and O–H groups in total. The van der Waals surface area contributed by atoms with Crippen molar-refractivity contribution in [3.05, 3.63) is 29.8 Å². The summed E-state index contributed by atoms with van der Waals surface area (Å²) in [5.41, 5.74) is 1.04. The van der Waals surface area contributed by atoms with Crippen molar-refractivity contribution in [2.24, 2.45) is 5.92 Å². The van der Waals surface area contributed by atoms with Crippen molar-refractivity contribution < 1.29 is 13.2 Å². The average Bonchev–Trinajstić information content (AvgIpc) is 3.14. The maximum absolute atomic E-state index is 12.8. The summed E-state index contributed by atoms with van der Waals surface area (Å²) in [6, 6.07) is 7.39. The van der Waals surface area contributed by atoms with Crippen LogP contribution < -0.4 is 5.32 Å². The number of likely N-dealkylation sites (tertiary alicyclic amines) is 1. The SMILES string of the molecule is CCN1CCCC1CNC(=O)C1CCN(S(=O)(=O)c2ccc(C)cc2)CC1. The molecule has 2 aliphatic heterocycles. The van der Waals surface area contributed by atoms with E-state index in [2.05, 4.69) is 17.1 Å². The summed E-state index contributed by atoms with van der Waals surface area (Å²) in [7, 11) is -3.47. The normalized spacial score (nSPS) is 22.8. The summed E-state index contributed by atoms with van der Waals surface area (Å²) in [5.74, 6) is -0.0173. The maximum Gasteiger partial charge on any atom is 0.243 e. The van der Waals surface area contributed by atoms with Crippen LogP contribution in [0.3, 0.4) is 0 Å². The van der Waals surface area contributed by atoms with E-state index in [4.69, 9.17) is 0 Å². The molecule has 0 radical (unpaired) electrons. The Morgan fingerprint density at radius 3 is 2.41 bits per heavy atom. The van der Waals surface area contributed by atoms with Gasteiger partial charge in [-0.2, -0.15) is 4.31 Å². The lowest BCUT2D eigenvalue weighted by atomic mass is 9.97. The summed E-state index contributed by atoms with van der Waals surface area (Å²) in [4.78, 5) is 15.3. The first-order valence-electron chi connectivity index (χ1n) is 10.0. The van der Waals surface area contributed by atoms with Crippen molar-refractivity contribution in [3.8, 4) is 0 Å². The van der Waals surface area contributed by atoms with Gasteiger partial charge >= 0.3 is 0 Å². The smallest absolute Gasteiger partial charge is 0.243 e. The van der Waals surface area contributed by atoms with Crippen LogP contribution in [0, 0.1) is 12.8 Å². The molecular weight excluding hydrogens is 362 g/mol. The second-order valence-electron chi connectivity index (χ2n) is 7.66. The molecule has 1 atom stereocenters. The topological polar surface area (TPSA) is 69.7 Å². The molecule has 0 aliphatic carbocycles. The number of hydrogen-bond donors (Lipinski definition) is 1. The molecular formula is C20H31N3O3S. The van der Waals surface area contributed by atoms with E-state index < -0.39 is 10.0 Å². The van der Waals surface area contributed by atoms with E-state index in [1.807, 2.05) is 19.1 Å². The van der Waals surface area contributed by atoms with Gasteiger partial charge in [0.1, 0.15) is 0 Å². The van der Waals surface area contributed by atoms with Gasteiger partial charge < -0.3 is 5.32 Å². The van der Waals surface area contributed by atoms with Crippen LogP contribution in [-0.2, 0) is 14.8 Å². The summed E-state index contributed by atoms with van der Waals surface area (Å²) in [6.07, 6.45) is 3.50. The Morgan fingerprint density at radius 2 is 1.78 bits per heavy atom. The molecule has 1 aromatic carbocycles. The predicted molar refractivity (Wildman–Crippen MR) is 106 cm³/mol. The molecule has 2 aliphatic rings. The van der Waals surface area contributed by atoms with Crippen LogP contribution in [-0.4, -0.2) is 62.3 Å². The van der Waals surface area contributed by atoms with Crippen molar-refractivity contribution in [2.75, 3.05) is 32.7 Å². The fourth-order valence-electron chi connectivity index (χ4n) is 4.12. The lowest BCUT2D eigenvalue weighted by Crippen LogP contribution is -2.45. The second kappa shape index (κ2) is 8.71. The Bertz CT molecular complexity index is 740. The molecule has 0 aromatic heterocycles. The zero-order valence-electron chi connectivity index (χ0n) is 16.4. The minimum atomic E-state index is -3.47.